The van der Waals surface area contributed by atoms with Crippen molar-refractivity contribution in [1.29, 1.82) is 0 Å². The molecule has 0 spiro atoms. The van der Waals surface area contributed by atoms with Gasteiger partial charge in [-0.05, 0) is 61.2 Å². The minimum absolute atomic E-state index is 0.290. The molecular weight excluding hydrogens is 308 g/mol. The fourth-order valence-electron chi connectivity index (χ4n) is 2.83. The first-order valence-electron chi connectivity index (χ1n) is 8.05. The maximum absolute atomic E-state index is 12.4. The third-order valence-corrected chi connectivity index (χ3v) is 5.63. The van der Waals surface area contributed by atoms with Crippen molar-refractivity contribution in [2.75, 3.05) is 22.7 Å². The predicted molar refractivity (Wildman–Crippen MR) is 94.5 cm³/mol. The van der Waals surface area contributed by atoms with Gasteiger partial charge in [0.2, 0.25) is 0 Å². The van der Waals surface area contributed by atoms with Crippen LogP contribution < -0.4 is 9.62 Å². The second kappa shape index (κ2) is 6.62. The van der Waals surface area contributed by atoms with Gasteiger partial charge in [-0.3, -0.25) is 4.72 Å². The first-order valence-corrected chi connectivity index (χ1v) is 9.53. The van der Waals surface area contributed by atoms with Crippen LogP contribution in [-0.2, 0) is 16.4 Å². The summed E-state index contributed by atoms with van der Waals surface area (Å²) in [5.74, 6) is 0. The van der Waals surface area contributed by atoms with Gasteiger partial charge in [0.15, 0.2) is 0 Å². The summed E-state index contributed by atoms with van der Waals surface area (Å²) in [6.07, 6.45) is 3.34. The number of hydrogen-bond donors (Lipinski definition) is 1. The molecule has 0 radical (unpaired) electrons. The van der Waals surface area contributed by atoms with Crippen LogP contribution in [0.2, 0.25) is 0 Å². The van der Waals surface area contributed by atoms with Crippen molar-refractivity contribution in [3.8, 4) is 0 Å². The molecule has 1 saturated heterocycles. The normalized spacial score (nSPS) is 14.9. The molecule has 4 nitrogen and oxygen atoms in total. The lowest BCUT2D eigenvalue weighted by Gasteiger charge is -2.18. The second-order valence-electron chi connectivity index (χ2n) is 5.84. The summed E-state index contributed by atoms with van der Waals surface area (Å²) < 4.78 is 27.5. The van der Waals surface area contributed by atoms with Gasteiger partial charge < -0.3 is 4.90 Å². The maximum Gasteiger partial charge on any atom is 0.261 e. The molecular formula is C18H22N2O2S. The first-order chi connectivity index (χ1) is 11.1. The maximum atomic E-state index is 12.4. The second-order valence-corrected chi connectivity index (χ2v) is 7.53. The van der Waals surface area contributed by atoms with E-state index in [-0.39, 0.29) is 0 Å². The Kier molecular flexibility index (Phi) is 4.57. The molecule has 0 aliphatic carbocycles. The molecule has 0 saturated carbocycles. The molecule has 1 aliphatic rings. The highest BCUT2D eigenvalue weighted by Crippen LogP contribution is 2.23. The van der Waals surface area contributed by atoms with Crippen LogP contribution in [0.5, 0.6) is 0 Å². The van der Waals surface area contributed by atoms with E-state index in [0.29, 0.717) is 10.6 Å². The number of nitrogens with one attached hydrogen (secondary N) is 1. The number of rotatable bonds is 5. The first kappa shape index (κ1) is 15.9. The van der Waals surface area contributed by atoms with E-state index in [2.05, 4.69) is 9.62 Å². The molecule has 1 heterocycles. The van der Waals surface area contributed by atoms with Crippen molar-refractivity contribution in [2.45, 2.75) is 31.1 Å². The Bertz CT molecular complexity index is 747. The Hall–Kier alpha value is -2.01. The zero-order valence-corrected chi connectivity index (χ0v) is 14.1. The number of aryl methyl sites for hydroxylation is 1. The quantitative estimate of drug-likeness (QED) is 0.910. The van der Waals surface area contributed by atoms with Crippen LogP contribution in [0.25, 0.3) is 0 Å². The van der Waals surface area contributed by atoms with Crippen molar-refractivity contribution < 1.29 is 8.42 Å². The van der Waals surface area contributed by atoms with E-state index in [0.717, 1.165) is 30.8 Å². The Labute approximate surface area is 138 Å². The zero-order chi connectivity index (χ0) is 16.3. The van der Waals surface area contributed by atoms with Crippen LogP contribution in [0.3, 0.4) is 0 Å². The topological polar surface area (TPSA) is 49.4 Å². The van der Waals surface area contributed by atoms with Gasteiger partial charge in [-0.15, -0.1) is 0 Å². The molecule has 2 aromatic rings. The fraction of sp³-hybridized carbons (Fsp3) is 0.333. The standard InChI is InChI=1S/C18H22N2O2S/c1-2-15-5-11-18(12-6-15)23(21,22)19-16-7-9-17(10-8-16)20-13-3-4-14-20/h5-12,19H,2-4,13-14H2,1H3. The molecule has 0 amide bonds. The molecule has 2 aromatic carbocycles. The number of hydrogen-bond acceptors (Lipinski definition) is 3. The van der Waals surface area contributed by atoms with E-state index >= 15 is 0 Å². The molecule has 1 N–H and O–H groups in total. The number of sulfonamides is 1. The van der Waals surface area contributed by atoms with Crippen molar-refractivity contribution in [2.24, 2.45) is 0 Å². The van der Waals surface area contributed by atoms with Crippen molar-refractivity contribution >= 4 is 21.4 Å². The van der Waals surface area contributed by atoms with Crippen LogP contribution in [0, 0.1) is 0 Å². The Balaban J connectivity index is 1.74. The predicted octanol–water partition coefficient (Wildman–Crippen LogP) is 3.65. The molecule has 3 rings (SSSR count). The van der Waals surface area contributed by atoms with E-state index in [4.69, 9.17) is 0 Å². The van der Waals surface area contributed by atoms with Gasteiger partial charge in [0.05, 0.1) is 4.90 Å². The summed E-state index contributed by atoms with van der Waals surface area (Å²) in [5, 5.41) is 0. The molecule has 5 heteroatoms. The molecule has 1 fully saturated rings. The lowest BCUT2D eigenvalue weighted by atomic mass is 10.2. The largest absolute Gasteiger partial charge is 0.372 e. The Morgan fingerprint density at radius 1 is 0.957 bits per heavy atom. The smallest absolute Gasteiger partial charge is 0.261 e. The summed E-state index contributed by atoms with van der Waals surface area (Å²) in [7, 11) is -3.53. The number of nitrogens with zero attached hydrogens (tertiary/aromatic N) is 1. The fourth-order valence-corrected chi connectivity index (χ4v) is 3.89. The highest BCUT2D eigenvalue weighted by molar-refractivity contribution is 7.92. The third-order valence-electron chi connectivity index (χ3n) is 4.23. The van der Waals surface area contributed by atoms with Crippen LogP contribution in [0.4, 0.5) is 11.4 Å². The van der Waals surface area contributed by atoms with Gasteiger partial charge in [0.25, 0.3) is 10.0 Å². The van der Waals surface area contributed by atoms with Gasteiger partial charge in [0, 0.05) is 24.5 Å². The molecule has 122 valence electrons. The van der Waals surface area contributed by atoms with Crippen LogP contribution in [-0.4, -0.2) is 21.5 Å². The molecule has 1 aliphatic heterocycles. The average Bonchev–Trinajstić information content (AvgIpc) is 3.10. The lowest BCUT2D eigenvalue weighted by molar-refractivity contribution is 0.601. The van der Waals surface area contributed by atoms with E-state index in [1.807, 2.05) is 43.3 Å². The summed E-state index contributed by atoms with van der Waals surface area (Å²) >= 11 is 0. The van der Waals surface area contributed by atoms with Gasteiger partial charge in [-0.25, -0.2) is 8.42 Å². The minimum atomic E-state index is -3.53. The average molecular weight is 330 g/mol. The van der Waals surface area contributed by atoms with Gasteiger partial charge in [-0.1, -0.05) is 19.1 Å². The number of anilines is 2. The van der Waals surface area contributed by atoms with Crippen LogP contribution in [0.15, 0.2) is 53.4 Å². The summed E-state index contributed by atoms with van der Waals surface area (Å²) in [4.78, 5) is 2.61. The summed E-state index contributed by atoms with van der Waals surface area (Å²) in [6.45, 7) is 4.20. The zero-order valence-electron chi connectivity index (χ0n) is 13.3. The molecule has 0 bridgehead atoms. The molecule has 23 heavy (non-hydrogen) atoms. The number of benzene rings is 2. The summed E-state index contributed by atoms with van der Waals surface area (Å²) in [5.41, 5.74) is 2.86. The summed E-state index contributed by atoms with van der Waals surface area (Å²) in [6, 6.07) is 14.6. The van der Waals surface area contributed by atoms with E-state index in [1.165, 1.54) is 12.8 Å². The van der Waals surface area contributed by atoms with Gasteiger partial charge in [-0.2, -0.15) is 0 Å². The van der Waals surface area contributed by atoms with E-state index in [1.54, 1.807) is 12.1 Å². The molecule has 0 unspecified atom stereocenters. The third kappa shape index (κ3) is 3.67. The van der Waals surface area contributed by atoms with Crippen LogP contribution >= 0.6 is 0 Å². The van der Waals surface area contributed by atoms with Crippen LogP contribution in [0.1, 0.15) is 25.3 Å². The molecule has 0 aromatic heterocycles. The van der Waals surface area contributed by atoms with E-state index < -0.39 is 10.0 Å². The monoisotopic (exact) mass is 330 g/mol. The Morgan fingerprint density at radius 3 is 2.13 bits per heavy atom. The van der Waals surface area contributed by atoms with Crippen molar-refractivity contribution in [1.82, 2.24) is 0 Å². The minimum Gasteiger partial charge on any atom is -0.372 e. The Morgan fingerprint density at radius 2 is 1.57 bits per heavy atom. The highest BCUT2D eigenvalue weighted by atomic mass is 32.2. The van der Waals surface area contributed by atoms with Gasteiger partial charge in [0.1, 0.15) is 0 Å². The van der Waals surface area contributed by atoms with Crippen molar-refractivity contribution in [3.05, 3.63) is 54.1 Å². The van der Waals surface area contributed by atoms with Crippen molar-refractivity contribution in [3.63, 3.8) is 0 Å². The lowest BCUT2D eigenvalue weighted by Crippen LogP contribution is -2.17. The highest BCUT2D eigenvalue weighted by Gasteiger charge is 2.15. The molecule has 0 atom stereocenters. The SMILES string of the molecule is CCc1ccc(S(=O)(=O)Nc2ccc(N3CCCC3)cc2)cc1. The van der Waals surface area contributed by atoms with Gasteiger partial charge >= 0.3 is 0 Å². The van der Waals surface area contributed by atoms with E-state index in [9.17, 15) is 8.42 Å².